The van der Waals surface area contributed by atoms with Gasteiger partial charge in [0.25, 0.3) is 0 Å². The van der Waals surface area contributed by atoms with Crippen molar-refractivity contribution in [3.05, 3.63) is 65.7 Å². The van der Waals surface area contributed by atoms with Crippen LogP contribution in [0.3, 0.4) is 0 Å². The van der Waals surface area contributed by atoms with Crippen LogP contribution in [-0.4, -0.2) is 43.0 Å². The molecule has 2 aromatic carbocycles. The van der Waals surface area contributed by atoms with Gasteiger partial charge in [0.05, 0.1) is 0 Å². The van der Waals surface area contributed by atoms with Crippen molar-refractivity contribution < 1.29 is 4.74 Å². The van der Waals surface area contributed by atoms with Crippen LogP contribution in [0.5, 0.6) is 5.75 Å². The third-order valence-electron chi connectivity index (χ3n) is 4.53. The molecule has 23 heavy (non-hydrogen) atoms. The van der Waals surface area contributed by atoms with Crippen LogP contribution in [0.25, 0.3) is 0 Å². The average molecular weight is 310 g/mol. The minimum Gasteiger partial charge on any atom is -0.489 e. The molecule has 1 heterocycles. The normalized spacial score (nSPS) is 18.5. The molecule has 1 aliphatic rings. The van der Waals surface area contributed by atoms with E-state index in [1.807, 2.05) is 24.3 Å². The first kappa shape index (κ1) is 16.0. The zero-order chi connectivity index (χ0) is 16.1. The minimum atomic E-state index is 0.622. The second kappa shape index (κ2) is 7.62. The Hall–Kier alpha value is -1.84. The molecule has 0 aliphatic carbocycles. The molecule has 0 aromatic heterocycles. The highest BCUT2D eigenvalue weighted by Crippen LogP contribution is 2.20. The smallest absolute Gasteiger partial charge is 0.120 e. The molecule has 1 unspecified atom stereocenters. The molecule has 0 amide bonds. The lowest BCUT2D eigenvalue weighted by molar-refractivity contribution is 0.264. The van der Waals surface area contributed by atoms with Crippen LogP contribution in [0.2, 0.25) is 0 Å². The maximum absolute atomic E-state index is 5.93. The van der Waals surface area contributed by atoms with E-state index in [2.05, 4.69) is 54.2 Å². The predicted molar refractivity (Wildman–Crippen MR) is 94.6 cm³/mol. The van der Waals surface area contributed by atoms with E-state index in [0.29, 0.717) is 12.6 Å². The molecule has 1 fully saturated rings. The summed E-state index contributed by atoms with van der Waals surface area (Å²) in [5.74, 6) is 0.953. The zero-order valence-corrected chi connectivity index (χ0v) is 14.1. The zero-order valence-electron chi connectivity index (χ0n) is 14.1. The van der Waals surface area contributed by atoms with E-state index < -0.39 is 0 Å². The van der Waals surface area contributed by atoms with Gasteiger partial charge in [-0.2, -0.15) is 0 Å². The van der Waals surface area contributed by atoms with Gasteiger partial charge >= 0.3 is 0 Å². The number of hydrogen-bond acceptors (Lipinski definition) is 3. The fourth-order valence-corrected chi connectivity index (χ4v) is 3.11. The van der Waals surface area contributed by atoms with Crippen LogP contribution < -0.4 is 4.74 Å². The first-order valence-electron chi connectivity index (χ1n) is 8.35. The molecule has 0 radical (unpaired) electrons. The molecule has 122 valence electrons. The van der Waals surface area contributed by atoms with Crippen molar-refractivity contribution in [2.75, 3.05) is 27.2 Å². The van der Waals surface area contributed by atoms with Crippen molar-refractivity contribution >= 4 is 0 Å². The Labute approximate surface area is 139 Å². The second-order valence-corrected chi connectivity index (χ2v) is 6.56. The summed E-state index contributed by atoms with van der Waals surface area (Å²) in [4.78, 5) is 4.86. The van der Waals surface area contributed by atoms with Gasteiger partial charge in [0.2, 0.25) is 0 Å². The lowest BCUT2D eigenvalue weighted by Gasteiger charge is -2.20. The number of ether oxygens (including phenoxy) is 1. The molecular weight excluding hydrogens is 284 g/mol. The molecule has 0 saturated carbocycles. The van der Waals surface area contributed by atoms with Crippen LogP contribution in [0.1, 0.15) is 17.5 Å². The van der Waals surface area contributed by atoms with Gasteiger partial charge < -0.3 is 9.64 Å². The average Bonchev–Trinajstić information content (AvgIpc) is 3.03. The SMILES string of the molecule is CN(C)C1CCN(Cc2cccc(OCc3ccccc3)c2)C1. The van der Waals surface area contributed by atoms with Crippen molar-refractivity contribution in [2.45, 2.75) is 25.6 Å². The van der Waals surface area contributed by atoms with Gasteiger partial charge in [0.1, 0.15) is 12.4 Å². The first-order valence-corrected chi connectivity index (χ1v) is 8.35. The number of likely N-dealkylation sites (N-methyl/N-ethyl adjacent to an activating group) is 1. The predicted octanol–water partition coefficient (Wildman–Crippen LogP) is 3.40. The standard InChI is InChI=1S/C20H26N2O/c1-21(2)19-11-12-22(15-19)14-18-9-6-10-20(13-18)23-16-17-7-4-3-5-8-17/h3-10,13,19H,11-12,14-16H2,1-2H3. The fraction of sp³-hybridized carbons (Fsp3) is 0.400. The molecule has 3 heteroatoms. The monoisotopic (exact) mass is 310 g/mol. The Balaban J connectivity index is 1.55. The van der Waals surface area contributed by atoms with Crippen LogP contribution in [0, 0.1) is 0 Å². The Kier molecular flexibility index (Phi) is 5.31. The minimum absolute atomic E-state index is 0.622. The van der Waals surface area contributed by atoms with Crippen LogP contribution in [0.4, 0.5) is 0 Å². The highest BCUT2D eigenvalue weighted by atomic mass is 16.5. The molecule has 3 rings (SSSR count). The van der Waals surface area contributed by atoms with Crippen molar-refractivity contribution in [3.8, 4) is 5.75 Å². The first-order chi connectivity index (χ1) is 11.2. The number of benzene rings is 2. The number of likely N-dealkylation sites (tertiary alicyclic amines) is 1. The topological polar surface area (TPSA) is 15.7 Å². The summed E-state index contributed by atoms with van der Waals surface area (Å²) in [6.45, 7) is 3.96. The van der Waals surface area contributed by atoms with E-state index in [9.17, 15) is 0 Å². The largest absolute Gasteiger partial charge is 0.489 e. The summed E-state index contributed by atoms with van der Waals surface area (Å²) in [7, 11) is 4.35. The van der Waals surface area contributed by atoms with Gasteiger partial charge in [0.15, 0.2) is 0 Å². The lowest BCUT2D eigenvalue weighted by Crippen LogP contribution is -2.31. The van der Waals surface area contributed by atoms with Crippen molar-refractivity contribution in [1.82, 2.24) is 9.80 Å². The van der Waals surface area contributed by atoms with E-state index in [-0.39, 0.29) is 0 Å². The van der Waals surface area contributed by atoms with Gasteiger partial charge in [-0.15, -0.1) is 0 Å². The van der Waals surface area contributed by atoms with E-state index in [4.69, 9.17) is 4.74 Å². The molecule has 1 saturated heterocycles. The van der Waals surface area contributed by atoms with Crippen molar-refractivity contribution in [3.63, 3.8) is 0 Å². The maximum atomic E-state index is 5.93. The second-order valence-electron chi connectivity index (χ2n) is 6.56. The van der Waals surface area contributed by atoms with Crippen LogP contribution >= 0.6 is 0 Å². The summed E-state index contributed by atoms with van der Waals surface area (Å²) in [5.41, 5.74) is 2.53. The molecular formula is C20H26N2O. The highest BCUT2D eigenvalue weighted by molar-refractivity contribution is 5.29. The van der Waals surface area contributed by atoms with Gasteiger partial charge in [-0.25, -0.2) is 0 Å². The fourth-order valence-electron chi connectivity index (χ4n) is 3.11. The number of nitrogens with zero attached hydrogens (tertiary/aromatic N) is 2. The van der Waals surface area contributed by atoms with Crippen LogP contribution in [0.15, 0.2) is 54.6 Å². The van der Waals surface area contributed by atoms with E-state index >= 15 is 0 Å². The lowest BCUT2D eigenvalue weighted by atomic mass is 10.2. The summed E-state index contributed by atoms with van der Waals surface area (Å²) < 4.78 is 5.93. The molecule has 2 aromatic rings. The van der Waals surface area contributed by atoms with Gasteiger partial charge in [-0.05, 0) is 43.8 Å². The quantitative estimate of drug-likeness (QED) is 0.813. The van der Waals surface area contributed by atoms with Crippen molar-refractivity contribution in [2.24, 2.45) is 0 Å². The molecule has 3 nitrogen and oxygen atoms in total. The highest BCUT2D eigenvalue weighted by Gasteiger charge is 2.23. The number of rotatable bonds is 6. The van der Waals surface area contributed by atoms with Crippen molar-refractivity contribution in [1.29, 1.82) is 0 Å². The van der Waals surface area contributed by atoms with E-state index in [0.717, 1.165) is 18.8 Å². The summed E-state index contributed by atoms with van der Waals surface area (Å²) >= 11 is 0. The van der Waals surface area contributed by atoms with Gasteiger partial charge in [0, 0.05) is 25.7 Å². The molecule has 0 spiro atoms. The summed E-state index contributed by atoms with van der Waals surface area (Å²) in [6.07, 6.45) is 1.26. The Bertz CT molecular complexity index is 612. The molecule has 0 N–H and O–H groups in total. The Morgan fingerprint density at radius 2 is 1.83 bits per heavy atom. The van der Waals surface area contributed by atoms with Gasteiger partial charge in [-0.1, -0.05) is 42.5 Å². The maximum Gasteiger partial charge on any atom is 0.120 e. The summed E-state index contributed by atoms with van der Waals surface area (Å²) in [5, 5.41) is 0. The van der Waals surface area contributed by atoms with E-state index in [1.54, 1.807) is 0 Å². The molecule has 0 bridgehead atoms. The van der Waals surface area contributed by atoms with E-state index in [1.165, 1.54) is 24.1 Å². The Morgan fingerprint density at radius 1 is 1.04 bits per heavy atom. The third-order valence-corrected chi connectivity index (χ3v) is 4.53. The Morgan fingerprint density at radius 3 is 2.57 bits per heavy atom. The number of hydrogen-bond donors (Lipinski definition) is 0. The molecule has 1 aliphatic heterocycles. The van der Waals surface area contributed by atoms with Crippen LogP contribution in [-0.2, 0) is 13.2 Å². The molecule has 1 atom stereocenters. The van der Waals surface area contributed by atoms with Gasteiger partial charge in [-0.3, -0.25) is 4.90 Å². The summed E-state index contributed by atoms with van der Waals surface area (Å²) in [6, 6.07) is 19.5. The third kappa shape index (κ3) is 4.57.